The fraction of sp³-hybridized carbons (Fsp3) is 0.909. The summed E-state index contributed by atoms with van der Waals surface area (Å²) in [5, 5.41) is 13.2. The molecule has 1 fully saturated rings. The molecule has 42 heavy (non-hydrogen) atoms. The maximum Gasteiger partial charge on any atom is 0.305 e. The molecule has 0 radical (unpaired) electrons. The Hall–Kier alpha value is -1.71. The van der Waals surface area contributed by atoms with Crippen molar-refractivity contribution in [2.45, 2.75) is 162 Å². The molecule has 1 aliphatic heterocycles. The number of esters is 2. The van der Waals surface area contributed by atoms with Gasteiger partial charge in [0.2, 0.25) is 5.91 Å². The van der Waals surface area contributed by atoms with Crippen molar-refractivity contribution in [2.24, 2.45) is 11.8 Å². The molecular formula is C33H61NO8. The number of nitrogens with one attached hydrogen (secondary N) is 1. The van der Waals surface area contributed by atoms with Gasteiger partial charge in [-0.05, 0) is 18.3 Å². The van der Waals surface area contributed by atoms with Crippen molar-refractivity contribution in [3.8, 4) is 0 Å². The van der Waals surface area contributed by atoms with Crippen molar-refractivity contribution in [1.29, 1.82) is 0 Å². The molecule has 0 aromatic carbocycles. The first-order valence-electron chi connectivity index (χ1n) is 16.7. The van der Waals surface area contributed by atoms with E-state index < -0.39 is 30.5 Å². The SMILES string of the molecule is CCCCCCCCCCCCCCCCCC(=O)OCC(O)COC1OC(COC(C)=O)C(C)C(C)C1NC(C)=O. The van der Waals surface area contributed by atoms with Crippen molar-refractivity contribution in [1.82, 2.24) is 5.32 Å². The van der Waals surface area contributed by atoms with E-state index in [9.17, 15) is 19.5 Å². The lowest BCUT2D eigenvalue weighted by atomic mass is 9.82. The first-order chi connectivity index (χ1) is 20.1. The molecule has 0 spiro atoms. The molecular weight excluding hydrogens is 538 g/mol. The number of aliphatic hydroxyl groups is 1. The van der Waals surface area contributed by atoms with Gasteiger partial charge in [-0.2, -0.15) is 0 Å². The van der Waals surface area contributed by atoms with Crippen LogP contribution in [-0.4, -0.2) is 67.3 Å². The van der Waals surface area contributed by atoms with Crippen LogP contribution in [0.3, 0.4) is 0 Å². The second-order valence-electron chi connectivity index (χ2n) is 12.2. The van der Waals surface area contributed by atoms with Crippen LogP contribution in [0.5, 0.6) is 0 Å². The van der Waals surface area contributed by atoms with Crippen LogP contribution in [0.4, 0.5) is 0 Å². The van der Waals surface area contributed by atoms with Gasteiger partial charge in [0, 0.05) is 20.3 Å². The number of amides is 1. The van der Waals surface area contributed by atoms with E-state index in [0.717, 1.165) is 19.3 Å². The van der Waals surface area contributed by atoms with Crippen LogP contribution in [0, 0.1) is 11.8 Å². The fourth-order valence-electron chi connectivity index (χ4n) is 5.42. The summed E-state index contributed by atoms with van der Waals surface area (Å²) in [6.45, 7) is 8.74. The summed E-state index contributed by atoms with van der Waals surface area (Å²) in [6, 6.07) is -0.439. The zero-order valence-corrected chi connectivity index (χ0v) is 27.2. The lowest BCUT2D eigenvalue weighted by Gasteiger charge is -2.44. The van der Waals surface area contributed by atoms with Crippen LogP contribution in [0.25, 0.3) is 0 Å². The molecule has 1 rings (SSSR count). The average Bonchev–Trinajstić information content (AvgIpc) is 2.95. The van der Waals surface area contributed by atoms with Gasteiger partial charge >= 0.3 is 11.9 Å². The zero-order chi connectivity index (χ0) is 31.2. The standard InChI is InChI=1S/C33H61NO8/c1-6-7-8-9-10-11-12-13-14-15-16-17-18-19-20-21-31(38)40-22-29(37)23-41-33-32(34-27(4)35)26(3)25(2)30(42-33)24-39-28(5)36/h25-26,29-30,32-33,37H,6-24H2,1-5H3,(H,34,35). The van der Waals surface area contributed by atoms with Gasteiger partial charge in [-0.1, -0.05) is 111 Å². The van der Waals surface area contributed by atoms with E-state index in [-0.39, 0.29) is 43.5 Å². The van der Waals surface area contributed by atoms with E-state index in [1.54, 1.807) is 0 Å². The van der Waals surface area contributed by atoms with E-state index in [1.807, 2.05) is 13.8 Å². The number of ether oxygens (including phenoxy) is 4. The normalized spacial score (nSPS) is 22.9. The predicted octanol–water partition coefficient (Wildman–Crippen LogP) is 6.23. The van der Waals surface area contributed by atoms with Gasteiger partial charge in [0.15, 0.2) is 6.29 Å². The van der Waals surface area contributed by atoms with Crippen LogP contribution in [0.2, 0.25) is 0 Å². The predicted molar refractivity (Wildman–Crippen MR) is 164 cm³/mol. The van der Waals surface area contributed by atoms with Crippen molar-refractivity contribution in [2.75, 3.05) is 19.8 Å². The second kappa shape index (κ2) is 23.7. The molecule has 9 nitrogen and oxygen atoms in total. The minimum Gasteiger partial charge on any atom is -0.463 e. The van der Waals surface area contributed by atoms with Crippen molar-refractivity contribution < 1.29 is 38.4 Å². The Bertz CT molecular complexity index is 731. The topological polar surface area (TPSA) is 120 Å². The summed E-state index contributed by atoms with van der Waals surface area (Å²) in [7, 11) is 0. The van der Waals surface area contributed by atoms with Gasteiger partial charge in [0.25, 0.3) is 0 Å². The number of hydrogen-bond donors (Lipinski definition) is 2. The third-order valence-electron chi connectivity index (χ3n) is 8.28. The highest BCUT2D eigenvalue weighted by molar-refractivity contribution is 5.73. The highest BCUT2D eigenvalue weighted by Gasteiger charge is 2.43. The summed E-state index contributed by atoms with van der Waals surface area (Å²) in [6.07, 6.45) is 17.1. The lowest BCUT2D eigenvalue weighted by molar-refractivity contribution is -0.251. The van der Waals surface area contributed by atoms with Crippen LogP contribution in [0.15, 0.2) is 0 Å². The van der Waals surface area contributed by atoms with Gasteiger partial charge in [0.1, 0.15) is 19.3 Å². The van der Waals surface area contributed by atoms with E-state index in [2.05, 4.69) is 12.2 Å². The minimum absolute atomic E-state index is 0.00774. The number of rotatable bonds is 24. The molecule has 9 heteroatoms. The Balaban J connectivity index is 2.17. The van der Waals surface area contributed by atoms with E-state index in [4.69, 9.17) is 18.9 Å². The second-order valence-corrected chi connectivity index (χ2v) is 12.2. The molecule has 1 saturated heterocycles. The van der Waals surface area contributed by atoms with Crippen molar-refractivity contribution in [3.05, 3.63) is 0 Å². The van der Waals surface area contributed by atoms with Crippen LogP contribution in [0.1, 0.15) is 137 Å². The Kier molecular flexibility index (Phi) is 21.6. The van der Waals surface area contributed by atoms with Gasteiger partial charge in [-0.3, -0.25) is 14.4 Å². The number of carbonyl (C=O) groups is 3. The van der Waals surface area contributed by atoms with Crippen LogP contribution in [-0.2, 0) is 33.3 Å². The van der Waals surface area contributed by atoms with Gasteiger partial charge in [0.05, 0.1) is 18.8 Å². The summed E-state index contributed by atoms with van der Waals surface area (Å²) < 4.78 is 22.2. The highest BCUT2D eigenvalue weighted by atomic mass is 16.7. The zero-order valence-electron chi connectivity index (χ0n) is 27.2. The van der Waals surface area contributed by atoms with Gasteiger partial charge < -0.3 is 29.4 Å². The summed E-state index contributed by atoms with van der Waals surface area (Å²) in [5.41, 5.74) is 0. The van der Waals surface area contributed by atoms with Crippen molar-refractivity contribution in [3.63, 3.8) is 0 Å². The Labute approximate surface area is 255 Å². The maximum atomic E-state index is 12.1. The first kappa shape index (κ1) is 38.3. The largest absolute Gasteiger partial charge is 0.463 e. The molecule has 1 amide bonds. The molecule has 0 aromatic heterocycles. The van der Waals surface area contributed by atoms with Crippen molar-refractivity contribution >= 4 is 17.8 Å². The summed E-state index contributed by atoms with van der Waals surface area (Å²) in [4.78, 5) is 35.2. The molecule has 2 N–H and O–H groups in total. The highest BCUT2D eigenvalue weighted by Crippen LogP contribution is 2.32. The number of hydrogen-bond acceptors (Lipinski definition) is 8. The number of unbranched alkanes of at least 4 members (excludes halogenated alkanes) is 14. The third kappa shape index (κ3) is 18.1. The van der Waals surface area contributed by atoms with Gasteiger partial charge in [-0.15, -0.1) is 0 Å². The average molecular weight is 600 g/mol. The molecule has 246 valence electrons. The molecule has 0 saturated carbocycles. The maximum absolute atomic E-state index is 12.1. The van der Waals surface area contributed by atoms with E-state index in [0.29, 0.717) is 6.42 Å². The lowest BCUT2D eigenvalue weighted by Crippen LogP contribution is -2.58. The van der Waals surface area contributed by atoms with Crippen LogP contribution < -0.4 is 5.32 Å². The number of carbonyl (C=O) groups excluding carboxylic acids is 3. The Morgan fingerprint density at radius 1 is 0.762 bits per heavy atom. The van der Waals surface area contributed by atoms with E-state index in [1.165, 1.54) is 90.9 Å². The molecule has 6 atom stereocenters. The van der Waals surface area contributed by atoms with E-state index >= 15 is 0 Å². The fourth-order valence-corrected chi connectivity index (χ4v) is 5.42. The Morgan fingerprint density at radius 3 is 1.79 bits per heavy atom. The summed E-state index contributed by atoms with van der Waals surface area (Å²) in [5.74, 6) is -0.980. The molecule has 1 heterocycles. The molecule has 0 aromatic rings. The quantitative estimate of drug-likeness (QED) is 0.0989. The number of aliphatic hydroxyl groups excluding tert-OH is 1. The monoisotopic (exact) mass is 599 g/mol. The molecule has 0 aliphatic carbocycles. The molecule has 1 aliphatic rings. The molecule has 6 unspecified atom stereocenters. The first-order valence-corrected chi connectivity index (χ1v) is 16.7. The minimum atomic E-state index is -1.03. The third-order valence-corrected chi connectivity index (χ3v) is 8.28. The van der Waals surface area contributed by atoms with Crippen LogP contribution >= 0.6 is 0 Å². The Morgan fingerprint density at radius 2 is 1.29 bits per heavy atom. The smallest absolute Gasteiger partial charge is 0.305 e. The van der Waals surface area contributed by atoms with Gasteiger partial charge in [-0.25, -0.2) is 0 Å². The summed E-state index contributed by atoms with van der Waals surface area (Å²) >= 11 is 0. The molecule has 0 bridgehead atoms.